The lowest BCUT2D eigenvalue weighted by Gasteiger charge is -2.11. The maximum absolute atomic E-state index is 12.8. The molecule has 0 saturated heterocycles. The highest BCUT2D eigenvalue weighted by Gasteiger charge is 2.29. The van der Waals surface area contributed by atoms with Gasteiger partial charge in [0.15, 0.2) is 0 Å². The maximum Gasteiger partial charge on any atom is 0.416 e. The second kappa shape index (κ2) is 8.51. The summed E-state index contributed by atoms with van der Waals surface area (Å²) >= 11 is 0. The molecule has 0 fully saturated rings. The Morgan fingerprint density at radius 3 is 2.41 bits per heavy atom. The summed E-state index contributed by atoms with van der Waals surface area (Å²) in [5.74, 6) is -0.361. The van der Waals surface area contributed by atoms with E-state index < -0.39 is 11.7 Å². The lowest BCUT2D eigenvalue weighted by Crippen LogP contribution is -2.13. The average molecular weight is 402 g/mol. The van der Waals surface area contributed by atoms with Crippen LogP contribution in [0.2, 0.25) is 0 Å². The molecule has 0 unspecified atom stereocenters. The van der Waals surface area contributed by atoms with Gasteiger partial charge in [-0.2, -0.15) is 18.3 Å². The number of carbonyl (C=O) groups excluding carboxylic acids is 1. The average Bonchev–Trinajstić information content (AvgIpc) is 3.02. The van der Waals surface area contributed by atoms with Crippen LogP contribution in [-0.4, -0.2) is 22.4 Å². The van der Waals surface area contributed by atoms with Crippen LogP contribution in [0.25, 0.3) is 11.1 Å². The predicted molar refractivity (Wildman–Crippen MR) is 103 cm³/mol. The van der Waals surface area contributed by atoms with Gasteiger partial charge in [0.05, 0.1) is 17.9 Å². The normalized spacial score (nSPS) is 11.5. The summed E-state index contributed by atoms with van der Waals surface area (Å²) in [6, 6.07) is 12.9. The smallest absolute Gasteiger partial charge is 0.416 e. The van der Waals surface area contributed by atoms with Gasteiger partial charge in [0.1, 0.15) is 6.54 Å². The van der Waals surface area contributed by atoms with Crippen molar-refractivity contribution < 1.29 is 22.7 Å². The highest BCUT2D eigenvalue weighted by Crippen LogP contribution is 2.31. The molecule has 152 valence electrons. The largest absolute Gasteiger partial charge is 0.465 e. The lowest BCUT2D eigenvalue weighted by molar-refractivity contribution is -0.144. The predicted octanol–water partition coefficient (Wildman–Crippen LogP) is 5.03. The zero-order valence-electron chi connectivity index (χ0n) is 16.2. The molecule has 0 aliphatic carbocycles. The van der Waals surface area contributed by atoms with Crippen LogP contribution >= 0.6 is 0 Å². The third kappa shape index (κ3) is 5.04. The maximum atomic E-state index is 12.8. The van der Waals surface area contributed by atoms with Crippen molar-refractivity contribution in [2.45, 2.75) is 33.0 Å². The molecule has 3 rings (SSSR count). The summed E-state index contributed by atoms with van der Waals surface area (Å²) in [7, 11) is 0. The first-order chi connectivity index (χ1) is 13.8. The molecule has 0 aliphatic heterocycles. The minimum Gasteiger partial charge on any atom is -0.465 e. The molecule has 0 aliphatic rings. The standard InChI is InChI=1S/C22H21F3N2O2/c1-3-29-21(28)14-27-13-20(15(2)26-27)19-7-5-4-6-17(19)12-16-8-10-18(11-9-16)22(23,24)25/h4-11,13H,3,12,14H2,1-2H3. The highest BCUT2D eigenvalue weighted by atomic mass is 19.4. The fourth-order valence-corrected chi connectivity index (χ4v) is 3.17. The lowest BCUT2D eigenvalue weighted by atomic mass is 9.95. The van der Waals surface area contributed by atoms with Crippen LogP contribution < -0.4 is 0 Å². The summed E-state index contributed by atoms with van der Waals surface area (Å²) in [4.78, 5) is 11.7. The zero-order valence-corrected chi connectivity index (χ0v) is 16.2. The van der Waals surface area contributed by atoms with Gasteiger partial charge in [0.2, 0.25) is 0 Å². The second-order valence-electron chi connectivity index (χ2n) is 6.66. The number of esters is 1. The van der Waals surface area contributed by atoms with Crippen LogP contribution in [0.5, 0.6) is 0 Å². The van der Waals surface area contributed by atoms with Crippen LogP contribution in [0.1, 0.15) is 29.3 Å². The van der Waals surface area contributed by atoms with E-state index in [9.17, 15) is 18.0 Å². The van der Waals surface area contributed by atoms with E-state index in [2.05, 4.69) is 5.10 Å². The highest BCUT2D eigenvalue weighted by molar-refractivity contribution is 5.71. The SMILES string of the molecule is CCOC(=O)Cn1cc(-c2ccccc2Cc2ccc(C(F)(F)F)cc2)c(C)n1. The van der Waals surface area contributed by atoms with Crippen molar-refractivity contribution in [1.82, 2.24) is 9.78 Å². The molecule has 0 saturated carbocycles. The summed E-state index contributed by atoms with van der Waals surface area (Å²) in [5, 5.41) is 4.39. The molecule has 0 radical (unpaired) electrons. The van der Waals surface area contributed by atoms with Crippen molar-refractivity contribution in [3.05, 3.63) is 77.1 Å². The number of alkyl halides is 3. The Kier molecular flexibility index (Phi) is 6.06. The number of carbonyl (C=O) groups is 1. The van der Waals surface area contributed by atoms with E-state index in [1.807, 2.05) is 31.2 Å². The van der Waals surface area contributed by atoms with E-state index in [1.165, 1.54) is 16.8 Å². The summed E-state index contributed by atoms with van der Waals surface area (Å²) in [6.45, 7) is 3.93. The van der Waals surface area contributed by atoms with Crippen molar-refractivity contribution in [2.75, 3.05) is 6.61 Å². The van der Waals surface area contributed by atoms with Crippen molar-refractivity contribution in [2.24, 2.45) is 0 Å². The number of nitrogens with zero attached hydrogens (tertiary/aromatic N) is 2. The minimum absolute atomic E-state index is 0.0236. The van der Waals surface area contributed by atoms with E-state index in [0.29, 0.717) is 13.0 Å². The van der Waals surface area contributed by atoms with E-state index in [4.69, 9.17) is 4.74 Å². The van der Waals surface area contributed by atoms with E-state index in [1.54, 1.807) is 13.1 Å². The van der Waals surface area contributed by atoms with Crippen LogP contribution in [0.4, 0.5) is 13.2 Å². The van der Waals surface area contributed by atoms with E-state index in [0.717, 1.165) is 40.1 Å². The Morgan fingerprint density at radius 2 is 1.76 bits per heavy atom. The second-order valence-corrected chi connectivity index (χ2v) is 6.66. The molecule has 0 N–H and O–H groups in total. The van der Waals surface area contributed by atoms with Gasteiger partial charge < -0.3 is 4.74 Å². The zero-order chi connectivity index (χ0) is 21.0. The van der Waals surface area contributed by atoms with Gasteiger partial charge in [-0.05, 0) is 49.1 Å². The monoisotopic (exact) mass is 402 g/mol. The molecule has 0 amide bonds. The fraction of sp³-hybridized carbons (Fsp3) is 0.273. The minimum atomic E-state index is -4.35. The first kappa shape index (κ1) is 20.6. The number of ether oxygens (including phenoxy) is 1. The Labute approximate surface area is 166 Å². The van der Waals surface area contributed by atoms with E-state index >= 15 is 0 Å². The number of aryl methyl sites for hydroxylation is 1. The number of aromatic nitrogens is 2. The Balaban J connectivity index is 1.86. The third-order valence-electron chi connectivity index (χ3n) is 4.53. The Bertz CT molecular complexity index is 992. The summed E-state index contributed by atoms with van der Waals surface area (Å²) < 4.78 is 44.8. The van der Waals surface area contributed by atoms with Crippen molar-refractivity contribution in [1.29, 1.82) is 0 Å². The number of rotatable bonds is 6. The van der Waals surface area contributed by atoms with E-state index in [-0.39, 0.29) is 12.5 Å². The number of hydrogen-bond donors (Lipinski definition) is 0. The topological polar surface area (TPSA) is 44.1 Å². The van der Waals surface area contributed by atoms with Gasteiger partial charge in [-0.1, -0.05) is 36.4 Å². The molecule has 4 nitrogen and oxygen atoms in total. The van der Waals surface area contributed by atoms with Gasteiger partial charge in [-0.3, -0.25) is 9.48 Å². The number of benzene rings is 2. The molecular formula is C22H21F3N2O2. The third-order valence-corrected chi connectivity index (χ3v) is 4.53. The molecule has 1 heterocycles. The van der Waals surface area contributed by atoms with Gasteiger partial charge in [-0.25, -0.2) is 0 Å². The fourth-order valence-electron chi connectivity index (χ4n) is 3.17. The molecule has 0 spiro atoms. The molecular weight excluding hydrogens is 381 g/mol. The quantitative estimate of drug-likeness (QED) is 0.543. The van der Waals surface area contributed by atoms with Crippen LogP contribution in [0.3, 0.4) is 0 Å². The van der Waals surface area contributed by atoms with Crippen molar-refractivity contribution in [3.8, 4) is 11.1 Å². The number of hydrogen-bond acceptors (Lipinski definition) is 3. The van der Waals surface area contributed by atoms with Crippen molar-refractivity contribution >= 4 is 5.97 Å². The Hall–Kier alpha value is -3.09. The molecule has 2 aromatic carbocycles. The molecule has 3 aromatic rings. The first-order valence-corrected chi connectivity index (χ1v) is 9.22. The summed E-state index contributed by atoms with van der Waals surface area (Å²) in [5.41, 5.74) is 3.64. The van der Waals surface area contributed by atoms with Gasteiger partial charge in [-0.15, -0.1) is 0 Å². The summed E-state index contributed by atoms with van der Waals surface area (Å²) in [6.07, 6.45) is -2.07. The van der Waals surface area contributed by atoms with Gasteiger partial charge >= 0.3 is 12.1 Å². The van der Waals surface area contributed by atoms with Crippen molar-refractivity contribution in [3.63, 3.8) is 0 Å². The molecule has 29 heavy (non-hydrogen) atoms. The van der Waals surface area contributed by atoms with Gasteiger partial charge in [0.25, 0.3) is 0 Å². The molecule has 0 atom stereocenters. The Morgan fingerprint density at radius 1 is 1.07 bits per heavy atom. The van der Waals surface area contributed by atoms with Crippen LogP contribution in [0.15, 0.2) is 54.7 Å². The molecule has 1 aromatic heterocycles. The number of halogens is 3. The molecule has 7 heteroatoms. The van der Waals surface area contributed by atoms with Gasteiger partial charge in [0, 0.05) is 11.8 Å². The van der Waals surface area contributed by atoms with Crippen LogP contribution in [0, 0.1) is 6.92 Å². The molecule has 0 bridgehead atoms. The van der Waals surface area contributed by atoms with Crippen LogP contribution in [-0.2, 0) is 28.7 Å². The first-order valence-electron chi connectivity index (χ1n) is 9.22.